The molecule has 0 radical (unpaired) electrons. The summed E-state index contributed by atoms with van der Waals surface area (Å²) >= 11 is 0. The van der Waals surface area contributed by atoms with Gasteiger partial charge in [-0.15, -0.1) is 0 Å². The minimum atomic E-state index is -3.67. The van der Waals surface area contributed by atoms with Gasteiger partial charge < -0.3 is 10.0 Å². The molecule has 0 amide bonds. The maximum Gasteiger partial charge on any atom is 0.218 e. The zero-order chi connectivity index (χ0) is 15.1. The molecule has 9 heteroatoms. The molecule has 2 aliphatic heterocycles. The Morgan fingerprint density at radius 1 is 1.35 bits per heavy atom. The first-order valence-electron chi connectivity index (χ1n) is 6.66. The quantitative estimate of drug-likeness (QED) is 0.676. The van der Waals surface area contributed by atoms with E-state index in [4.69, 9.17) is 0 Å². The normalized spacial score (nSPS) is 34.9. The summed E-state index contributed by atoms with van der Waals surface area (Å²) in [7, 11) is -3.23. The van der Waals surface area contributed by atoms with Crippen molar-refractivity contribution in [1.82, 2.24) is 9.21 Å². The highest BCUT2D eigenvalue weighted by molar-refractivity contribution is 7.95. The highest BCUT2D eigenvalue weighted by Crippen LogP contribution is 2.29. The van der Waals surface area contributed by atoms with Crippen LogP contribution < -0.4 is 0 Å². The summed E-state index contributed by atoms with van der Waals surface area (Å²) < 4.78 is 49.5. The van der Waals surface area contributed by atoms with Gasteiger partial charge in [-0.05, 0) is 26.9 Å². The summed E-state index contributed by atoms with van der Waals surface area (Å²) in [5, 5.41) is 8.89. The number of sulfonamides is 1. The molecule has 20 heavy (non-hydrogen) atoms. The van der Waals surface area contributed by atoms with E-state index in [-0.39, 0.29) is 30.5 Å². The van der Waals surface area contributed by atoms with Crippen LogP contribution in [0.4, 0.5) is 0 Å². The molecule has 2 fully saturated rings. The van der Waals surface area contributed by atoms with E-state index in [0.29, 0.717) is 13.0 Å². The molecule has 2 heterocycles. The number of likely N-dealkylation sites (N-methyl/N-ethyl adjacent to an activating group) is 1. The second-order valence-corrected chi connectivity index (χ2v) is 10.3. The van der Waals surface area contributed by atoms with Crippen molar-refractivity contribution in [2.75, 3.05) is 38.7 Å². The third-order valence-corrected chi connectivity index (χ3v) is 8.18. The van der Waals surface area contributed by atoms with Crippen LogP contribution in [0, 0.1) is 0 Å². The van der Waals surface area contributed by atoms with Crippen molar-refractivity contribution >= 4 is 19.9 Å². The number of β-amino-alcohol motifs (C(OH)–C–C–N with tert-alkyl or cyclic N) is 1. The number of nitrogens with zero attached hydrogens (tertiary/aromatic N) is 2. The Balaban J connectivity index is 2.19. The summed E-state index contributed by atoms with van der Waals surface area (Å²) in [5.41, 5.74) is 0. The lowest BCUT2D eigenvalue weighted by atomic mass is 10.2. The first-order valence-corrected chi connectivity index (χ1v) is 9.98. The van der Waals surface area contributed by atoms with Crippen molar-refractivity contribution in [2.24, 2.45) is 0 Å². The van der Waals surface area contributed by atoms with Crippen molar-refractivity contribution < 1.29 is 21.9 Å². The minimum Gasteiger partial charge on any atom is -0.392 e. The van der Waals surface area contributed by atoms with E-state index < -0.39 is 31.2 Å². The Morgan fingerprint density at radius 2 is 2.00 bits per heavy atom. The lowest BCUT2D eigenvalue weighted by molar-refractivity contribution is 0.188. The molecule has 3 unspecified atom stereocenters. The third kappa shape index (κ3) is 3.33. The molecule has 0 aliphatic carbocycles. The first kappa shape index (κ1) is 16.2. The fourth-order valence-corrected chi connectivity index (χ4v) is 7.70. The second-order valence-electron chi connectivity index (χ2n) is 5.95. The number of hydrogen-bond acceptors (Lipinski definition) is 6. The van der Waals surface area contributed by atoms with Crippen LogP contribution in [-0.2, 0) is 19.9 Å². The van der Waals surface area contributed by atoms with Crippen molar-refractivity contribution in [3.05, 3.63) is 0 Å². The molecule has 0 aromatic carbocycles. The smallest absolute Gasteiger partial charge is 0.218 e. The Kier molecular flexibility index (Phi) is 4.46. The van der Waals surface area contributed by atoms with Crippen LogP contribution in [0.15, 0.2) is 0 Å². The third-order valence-electron chi connectivity index (χ3n) is 3.86. The molecule has 7 nitrogen and oxygen atoms in total. The Labute approximate surface area is 120 Å². The molecule has 118 valence electrons. The molecule has 0 aromatic heterocycles. The van der Waals surface area contributed by atoms with E-state index in [1.807, 2.05) is 19.0 Å². The standard InChI is InChI=1S/C11H22N2O5S2/c1-12(2)6-9-5-10(14)7-13(9)20(17,18)11-3-4-19(15,16)8-11/h9-11,14H,3-8H2,1-2H3. The van der Waals surface area contributed by atoms with Crippen molar-refractivity contribution in [3.63, 3.8) is 0 Å². The van der Waals surface area contributed by atoms with E-state index in [1.54, 1.807) is 0 Å². The average Bonchev–Trinajstić information content (AvgIpc) is 2.81. The molecular formula is C11H22N2O5S2. The van der Waals surface area contributed by atoms with E-state index in [0.717, 1.165) is 0 Å². The van der Waals surface area contributed by atoms with Gasteiger partial charge in [0.15, 0.2) is 9.84 Å². The molecule has 1 N–H and O–H groups in total. The lowest BCUT2D eigenvalue weighted by Gasteiger charge is -2.28. The van der Waals surface area contributed by atoms with Crippen LogP contribution in [0.5, 0.6) is 0 Å². The van der Waals surface area contributed by atoms with Crippen molar-refractivity contribution in [2.45, 2.75) is 30.2 Å². The topological polar surface area (TPSA) is 95.0 Å². The molecular weight excluding hydrogens is 304 g/mol. The van der Waals surface area contributed by atoms with Gasteiger partial charge in [0.1, 0.15) is 0 Å². The van der Waals surface area contributed by atoms with Crippen LogP contribution in [0.3, 0.4) is 0 Å². The van der Waals surface area contributed by atoms with Crippen LogP contribution >= 0.6 is 0 Å². The van der Waals surface area contributed by atoms with Gasteiger partial charge in [-0.1, -0.05) is 0 Å². The Bertz CT molecular complexity index is 557. The average molecular weight is 326 g/mol. The molecule has 2 aliphatic rings. The molecule has 2 saturated heterocycles. The molecule has 0 bridgehead atoms. The number of hydrogen-bond donors (Lipinski definition) is 1. The summed E-state index contributed by atoms with van der Waals surface area (Å²) in [6.07, 6.45) is -0.115. The van der Waals surface area contributed by atoms with Crippen LogP contribution in [0.2, 0.25) is 0 Å². The number of rotatable bonds is 4. The van der Waals surface area contributed by atoms with Gasteiger partial charge in [0.05, 0.1) is 22.9 Å². The monoisotopic (exact) mass is 326 g/mol. The molecule has 3 atom stereocenters. The number of aliphatic hydroxyl groups excluding tert-OH is 1. The zero-order valence-electron chi connectivity index (χ0n) is 11.8. The van der Waals surface area contributed by atoms with Crippen molar-refractivity contribution in [3.8, 4) is 0 Å². The molecule has 0 saturated carbocycles. The number of sulfone groups is 1. The van der Waals surface area contributed by atoms with E-state index in [1.165, 1.54) is 4.31 Å². The van der Waals surface area contributed by atoms with Gasteiger partial charge in [-0.25, -0.2) is 16.8 Å². The van der Waals surface area contributed by atoms with Crippen LogP contribution in [0.25, 0.3) is 0 Å². The predicted molar refractivity (Wildman–Crippen MR) is 75.7 cm³/mol. The van der Waals surface area contributed by atoms with Crippen LogP contribution in [-0.4, -0.2) is 87.2 Å². The number of aliphatic hydroxyl groups is 1. The molecule has 2 rings (SSSR count). The van der Waals surface area contributed by atoms with E-state index >= 15 is 0 Å². The Morgan fingerprint density at radius 3 is 2.50 bits per heavy atom. The second kappa shape index (κ2) is 5.53. The van der Waals surface area contributed by atoms with Gasteiger partial charge in [0, 0.05) is 19.1 Å². The van der Waals surface area contributed by atoms with Gasteiger partial charge >= 0.3 is 0 Å². The summed E-state index contributed by atoms with van der Waals surface area (Å²) in [4.78, 5) is 1.87. The largest absolute Gasteiger partial charge is 0.392 e. The minimum absolute atomic E-state index is 0.0639. The highest BCUT2D eigenvalue weighted by atomic mass is 32.2. The molecule has 0 spiro atoms. The van der Waals surface area contributed by atoms with Crippen molar-refractivity contribution in [1.29, 1.82) is 0 Å². The van der Waals surface area contributed by atoms with Crippen LogP contribution in [0.1, 0.15) is 12.8 Å². The fourth-order valence-electron chi connectivity index (χ4n) is 2.95. The van der Waals surface area contributed by atoms with E-state index in [2.05, 4.69) is 0 Å². The van der Waals surface area contributed by atoms with Gasteiger partial charge in [-0.2, -0.15) is 4.31 Å². The summed E-state index contributed by atoms with van der Waals surface area (Å²) in [6, 6.07) is -0.284. The predicted octanol–water partition coefficient (Wildman–Crippen LogP) is -1.50. The fraction of sp³-hybridized carbons (Fsp3) is 1.00. The zero-order valence-corrected chi connectivity index (χ0v) is 13.4. The maximum atomic E-state index is 12.6. The van der Waals surface area contributed by atoms with Gasteiger partial charge in [0.25, 0.3) is 0 Å². The summed E-state index contributed by atoms with van der Waals surface area (Å²) in [6.45, 7) is 0.590. The van der Waals surface area contributed by atoms with Gasteiger partial charge in [0.2, 0.25) is 10.0 Å². The first-order chi connectivity index (χ1) is 9.12. The van der Waals surface area contributed by atoms with E-state index in [9.17, 15) is 21.9 Å². The van der Waals surface area contributed by atoms with Gasteiger partial charge in [-0.3, -0.25) is 0 Å². The maximum absolute atomic E-state index is 12.6. The summed E-state index contributed by atoms with van der Waals surface area (Å²) in [5.74, 6) is -0.359. The highest BCUT2D eigenvalue weighted by Gasteiger charge is 2.46. The Hall–Kier alpha value is -0.220. The lowest BCUT2D eigenvalue weighted by Crippen LogP contribution is -2.46. The SMILES string of the molecule is CN(C)CC1CC(O)CN1S(=O)(=O)C1CCS(=O)(=O)C1. The molecule has 0 aromatic rings.